The van der Waals surface area contributed by atoms with Crippen LogP contribution in [0.25, 0.3) is 0 Å². The maximum Gasteiger partial charge on any atom is 0.371 e. The highest BCUT2D eigenvalue weighted by atomic mass is 31.2. The highest BCUT2D eigenvalue weighted by Gasteiger charge is 2.44. The molecule has 0 radical (unpaired) electrons. The van der Waals surface area contributed by atoms with Gasteiger partial charge in [-0.1, -0.05) is 0 Å². The summed E-state index contributed by atoms with van der Waals surface area (Å²) in [7, 11) is -1.28. The third-order valence-electron chi connectivity index (χ3n) is 1.63. The summed E-state index contributed by atoms with van der Waals surface area (Å²) in [6, 6.07) is 0. The molecule has 0 N–H and O–H groups in total. The SMILES string of the molecule is COC(=O)C(OC)P(=O)(OC(C)C)OC(C)C. The van der Waals surface area contributed by atoms with Crippen molar-refractivity contribution in [3.63, 3.8) is 0 Å². The average Bonchev–Trinajstić information content (AvgIpc) is 2.15. The molecule has 0 fully saturated rings. The largest absolute Gasteiger partial charge is 0.467 e. The van der Waals surface area contributed by atoms with E-state index in [4.69, 9.17) is 13.8 Å². The maximum absolute atomic E-state index is 12.5. The quantitative estimate of drug-likeness (QED) is 0.520. The van der Waals surface area contributed by atoms with Gasteiger partial charge >= 0.3 is 13.6 Å². The molecule has 0 rings (SSSR count). The zero-order valence-electron chi connectivity index (χ0n) is 11.1. The van der Waals surface area contributed by atoms with Gasteiger partial charge in [0.05, 0.1) is 19.3 Å². The van der Waals surface area contributed by atoms with Gasteiger partial charge < -0.3 is 18.5 Å². The van der Waals surface area contributed by atoms with E-state index in [0.717, 1.165) is 0 Å². The molecule has 17 heavy (non-hydrogen) atoms. The van der Waals surface area contributed by atoms with Gasteiger partial charge in [-0.2, -0.15) is 0 Å². The van der Waals surface area contributed by atoms with Gasteiger partial charge in [0.25, 0.3) is 5.85 Å². The standard InChI is InChI=1S/C10H21O6P/c1-7(2)15-17(12,16-8(3)4)10(14-6)9(11)13-5/h7-8,10H,1-6H3. The lowest BCUT2D eigenvalue weighted by molar-refractivity contribution is -0.148. The Morgan fingerprint density at radius 2 is 1.41 bits per heavy atom. The van der Waals surface area contributed by atoms with E-state index in [-0.39, 0.29) is 12.2 Å². The monoisotopic (exact) mass is 268 g/mol. The molecule has 6 nitrogen and oxygen atoms in total. The van der Waals surface area contributed by atoms with Gasteiger partial charge in [-0.05, 0) is 27.7 Å². The molecule has 0 spiro atoms. The maximum atomic E-state index is 12.5. The summed E-state index contributed by atoms with van der Waals surface area (Å²) in [4.78, 5) is 11.5. The Hall–Kier alpha value is -0.420. The number of carbonyl (C=O) groups excluding carboxylic acids is 1. The Balaban J connectivity index is 5.12. The van der Waals surface area contributed by atoms with Crippen molar-refractivity contribution in [1.82, 2.24) is 0 Å². The smallest absolute Gasteiger partial charge is 0.371 e. The van der Waals surface area contributed by atoms with Gasteiger partial charge in [0, 0.05) is 7.11 Å². The van der Waals surface area contributed by atoms with Crippen molar-refractivity contribution in [3.05, 3.63) is 0 Å². The Bertz CT molecular complexity index is 275. The Labute approximate surface area is 102 Å². The lowest BCUT2D eigenvalue weighted by Gasteiger charge is -2.27. The van der Waals surface area contributed by atoms with E-state index < -0.39 is 19.4 Å². The number of hydrogen-bond donors (Lipinski definition) is 0. The molecule has 0 aliphatic rings. The van der Waals surface area contributed by atoms with Crippen LogP contribution >= 0.6 is 7.60 Å². The van der Waals surface area contributed by atoms with Gasteiger partial charge in [-0.15, -0.1) is 0 Å². The van der Waals surface area contributed by atoms with E-state index in [9.17, 15) is 9.36 Å². The van der Waals surface area contributed by atoms with Gasteiger partial charge in [0.1, 0.15) is 0 Å². The van der Waals surface area contributed by atoms with Crippen LogP contribution in [0.15, 0.2) is 0 Å². The van der Waals surface area contributed by atoms with E-state index in [1.54, 1.807) is 27.7 Å². The van der Waals surface area contributed by atoms with Crippen molar-refractivity contribution in [2.45, 2.75) is 45.7 Å². The van der Waals surface area contributed by atoms with E-state index >= 15 is 0 Å². The summed E-state index contributed by atoms with van der Waals surface area (Å²) < 4.78 is 32.4. The minimum atomic E-state index is -3.71. The Morgan fingerprint density at radius 3 is 1.65 bits per heavy atom. The number of rotatable bonds is 7. The molecular formula is C10H21O6P. The van der Waals surface area contributed by atoms with Crippen LogP contribution in [0.2, 0.25) is 0 Å². The first-order chi connectivity index (χ1) is 7.76. The molecular weight excluding hydrogens is 247 g/mol. The second-order valence-electron chi connectivity index (χ2n) is 3.96. The van der Waals surface area contributed by atoms with Gasteiger partial charge in [-0.25, -0.2) is 4.79 Å². The predicted octanol–water partition coefficient (Wildman–Crippen LogP) is 2.17. The molecule has 0 heterocycles. The van der Waals surface area contributed by atoms with Crippen molar-refractivity contribution in [1.29, 1.82) is 0 Å². The number of carbonyl (C=O) groups is 1. The highest BCUT2D eigenvalue weighted by Crippen LogP contribution is 2.55. The fourth-order valence-electron chi connectivity index (χ4n) is 1.18. The molecule has 7 heteroatoms. The number of esters is 1. The summed E-state index contributed by atoms with van der Waals surface area (Å²) in [5, 5.41) is 0. The predicted molar refractivity (Wildman–Crippen MR) is 62.9 cm³/mol. The summed E-state index contributed by atoms with van der Waals surface area (Å²) in [5.74, 6) is -2.14. The van der Waals surface area contributed by atoms with Crippen LogP contribution in [0.4, 0.5) is 0 Å². The number of ether oxygens (including phenoxy) is 2. The van der Waals surface area contributed by atoms with Crippen LogP contribution in [0, 0.1) is 0 Å². The number of methoxy groups -OCH3 is 2. The molecule has 1 atom stereocenters. The Kier molecular flexibility index (Phi) is 6.94. The van der Waals surface area contributed by atoms with E-state index in [2.05, 4.69) is 4.74 Å². The van der Waals surface area contributed by atoms with E-state index in [0.29, 0.717) is 0 Å². The molecule has 0 bridgehead atoms. The molecule has 0 aromatic heterocycles. The number of hydrogen-bond acceptors (Lipinski definition) is 6. The van der Waals surface area contributed by atoms with Crippen molar-refractivity contribution >= 4 is 13.6 Å². The van der Waals surface area contributed by atoms with Crippen LogP contribution in [-0.2, 0) is 27.9 Å². The molecule has 0 aliphatic heterocycles. The van der Waals surface area contributed by atoms with Crippen LogP contribution < -0.4 is 0 Å². The molecule has 0 aromatic rings. The van der Waals surface area contributed by atoms with Crippen LogP contribution in [0.5, 0.6) is 0 Å². The van der Waals surface area contributed by atoms with E-state index in [1.165, 1.54) is 14.2 Å². The van der Waals surface area contributed by atoms with Crippen molar-refractivity contribution < 1.29 is 27.9 Å². The second-order valence-corrected chi connectivity index (χ2v) is 5.93. The van der Waals surface area contributed by atoms with Crippen LogP contribution in [0.1, 0.15) is 27.7 Å². The minimum absolute atomic E-state index is 0.359. The van der Waals surface area contributed by atoms with Crippen molar-refractivity contribution in [2.24, 2.45) is 0 Å². The molecule has 0 amide bonds. The van der Waals surface area contributed by atoms with Gasteiger partial charge in [-0.3, -0.25) is 4.57 Å². The second kappa shape index (κ2) is 7.11. The minimum Gasteiger partial charge on any atom is -0.467 e. The summed E-state index contributed by atoms with van der Waals surface area (Å²) in [5.41, 5.74) is 0. The summed E-state index contributed by atoms with van der Waals surface area (Å²) in [6.45, 7) is 6.78. The average molecular weight is 268 g/mol. The molecule has 0 saturated carbocycles. The zero-order valence-corrected chi connectivity index (χ0v) is 12.0. The van der Waals surface area contributed by atoms with Crippen LogP contribution in [-0.4, -0.2) is 38.2 Å². The van der Waals surface area contributed by atoms with Crippen molar-refractivity contribution in [3.8, 4) is 0 Å². The van der Waals surface area contributed by atoms with Gasteiger partial charge in [0.15, 0.2) is 0 Å². The zero-order chi connectivity index (χ0) is 13.6. The summed E-state index contributed by atoms with van der Waals surface area (Å²) in [6.07, 6.45) is -0.719. The molecule has 1 unspecified atom stereocenters. The van der Waals surface area contributed by atoms with Crippen molar-refractivity contribution in [2.75, 3.05) is 14.2 Å². The topological polar surface area (TPSA) is 71.1 Å². The lowest BCUT2D eigenvalue weighted by Crippen LogP contribution is -2.28. The molecule has 102 valence electrons. The molecule has 0 aromatic carbocycles. The normalized spacial score (nSPS) is 14.1. The lowest BCUT2D eigenvalue weighted by atomic mass is 10.5. The first-order valence-corrected chi connectivity index (χ1v) is 6.95. The first-order valence-electron chi connectivity index (χ1n) is 5.34. The van der Waals surface area contributed by atoms with Gasteiger partial charge in [0.2, 0.25) is 0 Å². The summed E-state index contributed by atoms with van der Waals surface area (Å²) >= 11 is 0. The first kappa shape index (κ1) is 16.6. The fraction of sp³-hybridized carbons (Fsp3) is 0.900. The third kappa shape index (κ3) is 5.17. The molecule has 0 saturated heterocycles. The Morgan fingerprint density at radius 1 is 1.00 bits per heavy atom. The fourth-order valence-corrected chi connectivity index (χ4v) is 3.25. The highest BCUT2D eigenvalue weighted by molar-refractivity contribution is 7.55. The van der Waals surface area contributed by atoms with E-state index in [1.807, 2.05) is 0 Å². The van der Waals surface area contributed by atoms with Crippen LogP contribution in [0.3, 0.4) is 0 Å². The third-order valence-corrected chi connectivity index (χ3v) is 4.06. The molecule has 0 aliphatic carbocycles.